The fraction of sp³-hybridized carbons (Fsp3) is 0.346. The smallest absolute Gasteiger partial charge is 0.410 e. The summed E-state index contributed by atoms with van der Waals surface area (Å²) >= 11 is 6.19. The molecule has 5 rings (SSSR count). The maximum absolute atomic E-state index is 14.9. The Labute approximate surface area is 218 Å². The van der Waals surface area contributed by atoms with Crippen molar-refractivity contribution in [2.24, 2.45) is 0 Å². The molecular formula is C26H27ClFN7O2. The fourth-order valence-corrected chi connectivity index (χ4v) is 4.58. The maximum Gasteiger partial charge on any atom is 0.410 e. The van der Waals surface area contributed by atoms with Crippen molar-refractivity contribution in [2.75, 3.05) is 24.5 Å². The van der Waals surface area contributed by atoms with E-state index in [0.717, 1.165) is 5.82 Å². The van der Waals surface area contributed by atoms with Crippen LogP contribution in [0, 0.1) is 5.82 Å². The molecule has 0 N–H and O–H groups in total. The van der Waals surface area contributed by atoms with Gasteiger partial charge in [0.15, 0.2) is 5.65 Å². The van der Waals surface area contributed by atoms with E-state index in [1.165, 1.54) is 12.1 Å². The quantitative estimate of drug-likeness (QED) is 0.368. The second-order valence-corrected chi connectivity index (χ2v) is 10.4. The minimum atomic E-state index is -0.551. The van der Waals surface area contributed by atoms with E-state index in [1.54, 1.807) is 34.0 Å². The number of halogens is 2. The van der Waals surface area contributed by atoms with E-state index in [1.807, 2.05) is 39.8 Å². The van der Waals surface area contributed by atoms with Gasteiger partial charge in [0.05, 0.1) is 23.6 Å². The summed E-state index contributed by atoms with van der Waals surface area (Å²) in [5, 5.41) is 8.25. The zero-order valence-electron chi connectivity index (χ0n) is 21.0. The molecule has 4 aromatic rings. The molecule has 1 atom stereocenters. The molecule has 0 spiro atoms. The molecule has 1 aliphatic rings. The summed E-state index contributed by atoms with van der Waals surface area (Å²) in [7, 11) is 0. The van der Waals surface area contributed by atoms with E-state index < -0.39 is 11.4 Å². The van der Waals surface area contributed by atoms with Crippen LogP contribution >= 0.6 is 11.6 Å². The molecule has 192 valence electrons. The Morgan fingerprint density at radius 1 is 1.11 bits per heavy atom. The Balaban J connectivity index is 1.54. The van der Waals surface area contributed by atoms with Crippen molar-refractivity contribution < 1.29 is 13.9 Å². The number of carbonyl (C=O) groups is 1. The molecule has 11 heteroatoms. The first-order valence-corrected chi connectivity index (χ1v) is 12.3. The first-order chi connectivity index (χ1) is 17.6. The maximum atomic E-state index is 14.9. The van der Waals surface area contributed by atoms with Crippen LogP contribution in [0.25, 0.3) is 28.2 Å². The lowest BCUT2D eigenvalue weighted by atomic mass is 10.2. The number of hydrogen-bond donors (Lipinski definition) is 0. The van der Waals surface area contributed by atoms with E-state index in [-0.39, 0.29) is 17.7 Å². The SMILES string of the molecule is C[C@@H]1CN(C(=O)OC(C)(C)C)CCN1c1ccc2nc(-c3cc(Cl)ccc3F)n(-c3ccnnc3)c2n1. The van der Waals surface area contributed by atoms with E-state index in [2.05, 4.69) is 15.1 Å². The molecule has 1 aliphatic heterocycles. The lowest BCUT2D eigenvalue weighted by Crippen LogP contribution is -2.54. The van der Waals surface area contributed by atoms with Crippen LogP contribution in [0.4, 0.5) is 15.0 Å². The Morgan fingerprint density at radius 3 is 2.62 bits per heavy atom. The number of rotatable bonds is 3. The molecule has 0 aliphatic carbocycles. The highest BCUT2D eigenvalue weighted by Crippen LogP contribution is 2.32. The number of hydrogen-bond acceptors (Lipinski definition) is 7. The number of piperazine rings is 1. The fourth-order valence-electron chi connectivity index (χ4n) is 4.41. The Hall–Kier alpha value is -3.79. The van der Waals surface area contributed by atoms with Gasteiger partial charge in [-0.1, -0.05) is 11.6 Å². The molecule has 0 saturated carbocycles. The van der Waals surface area contributed by atoms with Crippen molar-refractivity contribution >= 4 is 34.7 Å². The topological polar surface area (TPSA) is 89.3 Å². The van der Waals surface area contributed by atoms with Gasteiger partial charge in [-0.3, -0.25) is 4.57 Å². The highest BCUT2D eigenvalue weighted by Gasteiger charge is 2.31. The van der Waals surface area contributed by atoms with Crippen molar-refractivity contribution in [1.29, 1.82) is 0 Å². The minimum absolute atomic E-state index is 0.00461. The van der Waals surface area contributed by atoms with Crippen molar-refractivity contribution in [3.8, 4) is 17.1 Å². The van der Waals surface area contributed by atoms with Gasteiger partial charge >= 0.3 is 6.09 Å². The van der Waals surface area contributed by atoms with Crippen LogP contribution in [0.3, 0.4) is 0 Å². The van der Waals surface area contributed by atoms with Crippen LogP contribution in [0.1, 0.15) is 27.7 Å². The van der Waals surface area contributed by atoms with Crippen molar-refractivity contribution in [2.45, 2.75) is 39.3 Å². The summed E-state index contributed by atoms with van der Waals surface area (Å²) in [5.41, 5.74) is 1.48. The zero-order valence-corrected chi connectivity index (χ0v) is 21.8. The Bertz CT molecular complexity index is 1450. The number of fused-ring (bicyclic) bond motifs is 1. The lowest BCUT2D eigenvalue weighted by Gasteiger charge is -2.40. The van der Waals surface area contributed by atoms with Gasteiger partial charge in [0.25, 0.3) is 0 Å². The molecule has 37 heavy (non-hydrogen) atoms. The van der Waals surface area contributed by atoms with E-state index in [4.69, 9.17) is 26.3 Å². The number of imidazole rings is 1. The molecular weight excluding hydrogens is 497 g/mol. The first kappa shape index (κ1) is 24.9. The lowest BCUT2D eigenvalue weighted by molar-refractivity contribution is 0.0218. The summed E-state index contributed by atoms with van der Waals surface area (Å²) in [6.07, 6.45) is 2.81. The predicted octanol–water partition coefficient (Wildman–Crippen LogP) is 5.12. The average Bonchev–Trinajstić information content (AvgIpc) is 3.23. The van der Waals surface area contributed by atoms with E-state index in [9.17, 15) is 9.18 Å². The molecule has 1 fully saturated rings. The molecule has 1 aromatic carbocycles. The third-order valence-corrected chi connectivity index (χ3v) is 6.29. The van der Waals surface area contributed by atoms with Crippen LogP contribution in [-0.2, 0) is 4.74 Å². The standard InChI is InChI=1S/C26H27ClFN7O2/c1-16-15-33(25(36)37-26(2,3)4)11-12-34(16)22-8-7-21-24(32-22)35(18-9-10-29-30-14-18)23(31-21)19-13-17(27)5-6-20(19)28/h5-10,13-14,16H,11-12,15H2,1-4H3/t16-/m1/s1. The molecule has 9 nitrogen and oxygen atoms in total. The largest absolute Gasteiger partial charge is 0.444 e. The molecule has 0 bridgehead atoms. The van der Waals surface area contributed by atoms with Gasteiger partial charge in [0.2, 0.25) is 0 Å². The molecule has 1 saturated heterocycles. The van der Waals surface area contributed by atoms with Gasteiger partial charge in [-0.2, -0.15) is 10.2 Å². The van der Waals surface area contributed by atoms with Gasteiger partial charge in [-0.25, -0.2) is 19.2 Å². The summed E-state index contributed by atoms with van der Waals surface area (Å²) < 4.78 is 22.2. The van der Waals surface area contributed by atoms with Crippen LogP contribution in [0.5, 0.6) is 0 Å². The first-order valence-electron chi connectivity index (χ1n) is 12.0. The normalized spacial score (nSPS) is 16.3. The van der Waals surface area contributed by atoms with Crippen LogP contribution in [0.15, 0.2) is 48.8 Å². The van der Waals surface area contributed by atoms with Gasteiger partial charge in [0, 0.05) is 30.7 Å². The number of nitrogens with zero attached hydrogens (tertiary/aromatic N) is 7. The third kappa shape index (κ3) is 5.06. The number of aromatic nitrogens is 5. The van der Waals surface area contributed by atoms with Crippen molar-refractivity contribution in [1.82, 2.24) is 29.6 Å². The highest BCUT2D eigenvalue weighted by atomic mass is 35.5. The van der Waals surface area contributed by atoms with Crippen molar-refractivity contribution in [3.63, 3.8) is 0 Å². The molecule has 0 unspecified atom stereocenters. The number of amides is 1. The molecule has 3 aromatic heterocycles. The summed E-state index contributed by atoms with van der Waals surface area (Å²) in [5.74, 6) is 0.635. The van der Waals surface area contributed by atoms with Crippen LogP contribution in [0.2, 0.25) is 5.02 Å². The summed E-state index contributed by atoms with van der Waals surface area (Å²) in [4.78, 5) is 26.1. The van der Waals surface area contributed by atoms with Gasteiger partial charge in [-0.05, 0) is 64.1 Å². The molecule has 4 heterocycles. The van der Waals surface area contributed by atoms with Crippen molar-refractivity contribution in [3.05, 3.63) is 59.6 Å². The van der Waals surface area contributed by atoms with Gasteiger partial charge in [-0.15, -0.1) is 0 Å². The Morgan fingerprint density at radius 2 is 1.92 bits per heavy atom. The molecule has 1 amide bonds. The molecule has 0 radical (unpaired) electrons. The number of pyridine rings is 1. The highest BCUT2D eigenvalue weighted by molar-refractivity contribution is 6.30. The van der Waals surface area contributed by atoms with Gasteiger partial charge in [0.1, 0.15) is 28.6 Å². The monoisotopic (exact) mass is 523 g/mol. The second-order valence-electron chi connectivity index (χ2n) is 9.98. The summed E-state index contributed by atoms with van der Waals surface area (Å²) in [6.45, 7) is 9.20. The Kier molecular flexibility index (Phi) is 6.45. The third-order valence-electron chi connectivity index (χ3n) is 6.06. The summed E-state index contributed by atoms with van der Waals surface area (Å²) in [6, 6.07) is 9.87. The number of benzene rings is 1. The zero-order chi connectivity index (χ0) is 26.3. The van der Waals surface area contributed by atoms with Crippen LogP contribution < -0.4 is 4.90 Å². The van der Waals surface area contributed by atoms with Crippen LogP contribution in [-0.4, -0.2) is 67.0 Å². The minimum Gasteiger partial charge on any atom is -0.444 e. The predicted molar refractivity (Wildman–Crippen MR) is 139 cm³/mol. The number of ether oxygens (including phenoxy) is 1. The average molecular weight is 524 g/mol. The number of carbonyl (C=O) groups excluding carboxylic acids is 1. The van der Waals surface area contributed by atoms with E-state index in [0.29, 0.717) is 47.3 Å². The van der Waals surface area contributed by atoms with Gasteiger partial charge < -0.3 is 14.5 Å². The second kappa shape index (κ2) is 9.59. The van der Waals surface area contributed by atoms with E-state index >= 15 is 0 Å². The number of anilines is 1.